The van der Waals surface area contributed by atoms with Crippen molar-refractivity contribution >= 4 is 27.3 Å². The maximum Gasteiger partial charge on any atom is 0.0644 e. The molecular formula is C12H19BrN2OS. The van der Waals surface area contributed by atoms with Crippen molar-refractivity contribution in [1.29, 1.82) is 0 Å². The number of piperidine rings is 1. The van der Waals surface area contributed by atoms with Gasteiger partial charge in [0.25, 0.3) is 0 Å². The Bertz CT molecular complexity index is 370. The monoisotopic (exact) mass is 318 g/mol. The summed E-state index contributed by atoms with van der Waals surface area (Å²) in [6, 6.07) is 2.44. The summed E-state index contributed by atoms with van der Waals surface area (Å²) in [5, 5.41) is 12.1. The number of nitrogens with zero attached hydrogens (tertiary/aromatic N) is 1. The van der Waals surface area contributed by atoms with Crippen LogP contribution in [0.1, 0.15) is 30.7 Å². The Morgan fingerprint density at radius 1 is 1.59 bits per heavy atom. The van der Waals surface area contributed by atoms with Gasteiger partial charge in [-0.3, -0.25) is 4.90 Å². The number of likely N-dealkylation sites (tertiary alicyclic amines) is 1. The lowest BCUT2D eigenvalue weighted by Crippen LogP contribution is -2.45. The predicted octanol–water partition coefficient (Wildman–Crippen LogP) is 2.36. The number of rotatable bonds is 3. The molecule has 2 rings (SSSR count). The zero-order chi connectivity index (χ0) is 12.5. The molecule has 1 unspecified atom stereocenters. The molecule has 3 nitrogen and oxygen atoms in total. The minimum atomic E-state index is -0.494. The van der Waals surface area contributed by atoms with Crippen molar-refractivity contribution in [2.24, 2.45) is 5.73 Å². The molecule has 1 atom stereocenters. The number of halogens is 1. The van der Waals surface area contributed by atoms with E-state index in [4.69, 9.17) is 5.73 Å². The molecule has 2 heterocycles. The summed E-state index contributed by atoms with van der Waals surface area (Å²) in [5.41, 5.74) is 5.41. The maximum atomic E-state index is 9.96. The fraction of sp³-hybridized carbons (Fsp3) is 0.667. The van der Waals surface area contributed by atoms with Crippen LogP contribution in [0, 0.1) is 0 Å². The van der Waals surface area contributed by atoms with Gasteiger partial charge in [0.1, 0.15) is 0 Å². The van der Waals surface area contributed by atoms with Crippen molar-refractivity contribution in [2.75, 3.05) is 19.6 Å². The molecule has 0 bridgehead atoms. The lowest BCUT2D eigenvalue weighted by atomic mass is 9.93. The Morgan fingerprint density at radius 2 is 2.24 bits per heavy atom. The van der Waals surface area contributed by atoms with Crippen LogP contribution in [0.5, 0.6) is 0 Å². The van der Waals surface area contributed by atoms with E-state index in [9.17, 15) is 5.11 Å². The summed E-state index contributed by atoms with van der Waals surface area (Å²) in [6.07, 6.45) is 1.66. The van der Waals surface area contributed by atoms with E-state index in [1.807, 2.05) is 6.92 Å². The highest BCUT2D eigenvalue weighted by Crippen LogP contribution is 2.32. The van der Waals surface area contributed by atoms with Crippen LogP contribution in [-0.4, -0.2) is 35.2 Å². The first-order valence-electron chi connectivity index (χ1n) is 5.92. The highest BCUT2D eigenvalue weighted by Gasteiger charge is 2.31. The Kier molecular flexibility index (Phi) is 4.26. The van der Waals surface area contributed by atoms with E-state index in [2.05, 4.69) is 32.3 Å². The number of thiophene rings is 1. The van der Waals surface area contributed by atoms with E-state index in [1.165, 1.54) is 4.88 Å². The van der Waals surface area contributed by atoms with Crippen LogP contribution in [0.2, 0.25) is 0 Å². The largest absolute Gasteiger partial charge is 0.390 e. The predicted molar refractivity (Wildman–Crippen MR) is 75.2 cm³/mol. The molecular weight excluding hydrogens is 300 g/mol. The molecule has 1 fully saturated rings. The van der Waals surface area contributed by atoms with Crippen molar-refractivity contribution in [2.45, 2.75) is 31.4 Å². The van der Waals surface area contributed by atoms with Crippen LogP contribution in [0.15, 0.2) is 15.9 Å². The number of aliphatic hydroxyl groups is 1. The summed E-state index contributed by atoms with van der Waals surface area (Å²) >= 11 is 5.23. The van der Waals surface area contributed by atoms with Gasteiger partial charge in [0.15, 0.2) is 0 Å². The number of hydrogen-bond acceptors (Lipinski definition) is 4. The smallest absolute Gasteiger partial charge is 0.0644 e. The van der Waals surface area contributed by atoms with Gasteiger partial charge in [-0.25, -0.2) is 0 Å². The van der Waals surface area contributed by atoms with Gasteiger partial charge in [-0.15, -0.1) is 11.3 Å². The zero-order valence-corrected chi connectivity index (χ0v) is 12.4. The standard InChI is InChI=1S/C12H19BrN2OS/c1-12(16)2-4-15(5-3-12)10(7-14)11-6-9(13)8-17-11/h6,8,10,16H,2-5,7,14H2,1H3. The SMILES string of the molecule is CC1(O)CCN(C(CN)c2cc(Br)cs2)CC1. The van der Waals surface area contributed by atoms with Crippen molar-refractivity contribution < 1.29 is 5.11 Å². The third-order valence-electron chi connectivity index (χ3n) is 3.46. The second kappa shape index (κ2) is 5.36. The van der Waals surface area contributed by atoms with Gasteiger partial charge in [-0.05, 0) is 41.8 Å². The number of hydrogen-bond donors (Lipinski definition) is 2. The number of nitrogens with two attached hydrogens (primary N) is 1. The van der Waals surface area contributed by atoms with Crippen molar-refractivity contribution in [3.05, 3.63) is 20.8 Å². The second-order valence-corrected chi connectivity index (χ2v) is 6.81. The van der Waals surface area contributed by atoms with Crippen LogP contribution in [0.25, 0.3) is 0 Å². The minimum absolute atomic E-state index is 0.294. The third-order valence-corrected chi connectivity index (χ3v) is 5.25. The molecule has 0 aromatic carbocycles. The molecule has 1 aromatic heterocycles. The van der Waals surface area contributed by atoms with E-state index in [1.54, 1.807) is 11.3 Å². The Labute approximate surface area is 115 Å². The minimum Gasteiger partial charge on any atom is -0.390 e. The van der Waals surface area contributed by atoms with Gasteiger partial charge < -0.3 is 10.8 Å². The fourth-order valence-corrected chi connectivity index (χ4v) is 3.86. The maximum absolute atomic E-state index is 9.96. The van der Waals surface area contributed by atoms with Crippen molar-refractivity contribution in [3.8, 4) is 0 Å². The lowest BCUT2D eigenvalue weighted by Gasteiger charge is -2.39. The molecule has 96 valence electrons. The molecule has 5 heteroatoms. The first-order chi connectivity index (χ1) is 8.02. The molecule has 0 radical (unpaired) electrons. The molecule has 0 spiro atoms. The lowest BCUT2D eigenvalue weighted by molar-refractivity contribution is -0.0156. The van der Waals surface area contributed by atoms with E-state index >= 15 is 0 Å². The van der Waals surface area contributed by atoms with Gasteiger partial charge in [-0.1, -0.05) is 0 Å². The van der Waals surface area contributed by atoms with Crippen LogP contribution in [0.3, 0.4) is 0 Å². The first-order valence-corrected chi connectivity index (χ1v) is 7.59. The third kappa shape index (κ3) is 3.29. The molecule has 0 aliphatic carbocycles. The van der Waals surface area contributed by atoms with E-state index < -0.39 is 5.60 Å². The highest BCUT2D eigenvalue weighted by molar-refractivity contribution is 9.10. The Morgan fingerprint density at radius 3 is 2.71 bits per heavy atom. The van der Waals surface area contributed by atoms with Crippen LogP contribution < -0.4 is 5.73 Å². The Balaban J connectivity index is 2.05. The van der Waals surface area contributed by atoms with Gasteiger partial charge in [0.05, 0.1) is 11.6 Å². The fourth-order valence-electron chi connectivity index (χ4n) is 2.27. The molecule has 1 aliphatic heterocycles. The average molecular weight is 319 g/mol. The van der Waals surface area contributed by atoms with Crippen molar-refractivity contribution in [3.63, 3.8) is 0 Å². The van der Waals surface area contributed by atoms with Crippen LogP contribution in [0.4, 0.5) is 0 Å². The van der Waals surface area contributed by atoms with E-state index in [0.717, 1.165) is 30.4 Å². The van der Waals surface area contributed by atoms with Crippen LogP contribution >= 0.6 is 27.3 Å². The summed E-state index contributed by atoms with van der Waals surface area (Å²) in [4.78, 5) is 3.69. The van der Waals surface area contributed by atoms with Gasteiger partial charge in [-0.2, -0.15) is 0 Å². The summed E-state index contributed by atoms with van der Waals surface area (Å²) in [6.45, 7) is 4.40. The van der Waals surface area contributed by atoms with E-state index in [-0.39, 0.29) is 0 Å². The van der Waals surface area contributed by atoms with Crippen molar-refractivity contribution in [1.82, 2.24) is 4.90 Å². The molecule has 0 amide bonds. The molecule has 1 aliphatic rings. The molecule has 3 N–H and O–H groups in total. The van der Waals surface area contributed by atoms with E-state index in [0.29, 0.717) is 12.6 Å². The van der Waals surface area contributed by atoms with Gasteiger partial charge in [0, 0.05) is 34.4 Å². The molecule has 1 aromatic rings. The van der Waals surface area contributed by atoms with Gasteiger partial charge in [0.2, 0.25) is 0 Å². The normalized spacial score (nSPS) is 22.6. The van der Waals surface area contributed by atoms with Crippen LogP contribution in [-0.2, 0) is 0 Å². The summed E-state index contributed by atoms with van der Waals surface area (Å²) < 4.78 is 1.12. The van der Waals surface area contributed by atoms with Gasteiger partial charge >= 0.3 is 0 Å². The molecule has 17 heavy (non-hydrogen) atoms. The summed E-state index contributed by atoms with van der Waals surface area (Å²) in [5.74, 6) is 0. The molecule has 0 saturated carbocycles. The first kappa shape index (κ1) is 13.5. The topological polar surface area (TPSA) is 49.5 Å². The highest BCUT2D eigenvalue weighted by atomic mass is 79.9. The zero-order valence-electron chi connectivity index (χ0n) is 10.0. The average Bonchev–Trinajstić information content (AvgIpc) is 2.68. The Hall–Kier alpha value is 0.0600. The second-order valence-electron chi connectivity index (χ2n) is 4.95. The quantitative estimate of drug-likeness (QED) is 0.899. The molecule has 1 saturated heterocycles. The summed E-state index contributed by atoms with van der Waals surface area (Å²) in [7, 11) is 0.